The molecule has 0 aliphatic heterocycles. The van der Waals surface area contributed by atoms with Crippen LogP contribution in [0.1, 0.15) is 17.7 Å². The minimum atomic E-state index is -0.930. The first kappa shape index (κ1) is 15.6. The number of rotatable bonds is 7. The van der Waals surface area contributed by atoms with E-state index in [1.165, 1.54) is 17.2 Å². The van der Waals surface area contributed by atoms with Crippen LogP contribution in [0.2, 0.25) is 0 Å². The van der Waals surface area contributed by atoms with Crippen LogP contribution in [0.5, 0.6) is 0 Å². The molecule has 1 aromatic carbocycles. The minimum Gasteiger partial charge on any atom is -0.481 e. The number of carboxylic acid groups (broad SMARTS) is 1. The zero-order valence-electron chi connectivity index (χ0n) is 12.0. The Hall–Kier alpha value is -2.82. The Labute approximate surface area is 128 Å². The smallest absolute Gasteiger partial charge is 0.305 e. The molecule has 0 atom stereocenters. The van der Waals surface area contributed by atoms with Crippen LogP contribution >= 0.6 is 0 Å². The van der Waals surface area contributed by atoms with Crippen molar-refractivity contribution in [1.29, 1.82) is 0 Å². The summed E-state index contributed by atoms with van der Waals surface area (Å²) in [5.41, 5.74) is 0.952. The predicted octanol–water partition coefficient (Wildman–Crippen LogP) is 2.80. The monoisotopic (exact) mass is 299 g/mol. The normalized spacial score (nSPS) is 10.7. The van der Waals surface area contributed by atoms with Gasteiger partial charge in [0, 0.05) is 19.2 Å². The summed E-state index contributed by atoms with van der Waals surface area (Å²) in [6.07, 6.45) is 4.40. The number of amides is 1. The fourth-order valence-corrected chi connectivity index (χ4v) is 1.95. The standard InChI is InChI=1S/C17H17NO4/c19-16(9-8-15-7-4-12-22-15)18(11-10-17(20)21)13-14-5-2-1-3-6-14/h1-9,12H,10-11,13H2,(H,20,21)/b9-8+. The van der Waals surface area contributed by atoms with Gasteiger partial charge in [-0.3, -0.25) is 9.59 Å². The maximum Gasteiger partial charge on any atom is 0.305 e. The molecular formula is C17H17NO4. The molecule has 114 valence electrons. The van der Waals surface area contributed by atoms with E-state index >= 15 is 0 Å². The van der Waals surface area contributed by atoms with Gasteiger partial charge >= 0.3 is 5.97 Å². The minimum absolute atomic E-state index is 0.0901. The van der Waals surface area contributed by atoms with E-state index in [1.807, 2.05) is 30.3 Å². The molecule has 0 bridgehead atoms. The van der Waals surface area contributed by atoms with Gasteiger partial charge in [-0.25, -0.2) is 0 Å². The summed E-state index contributed by atoms with van der Waals surface area (Å²) in [6, 6.07) is 12.9. The first-order valence-electron chi connectivity index (χ1n) is 6.91. The van der Waals surface area contributed by atoms with E-state index in [1.54, 1.807) is 18.2 Å². The van der Waals surface area contributed by atoms with Crippen LogP contribution in [-0.4, -0.2) is 28.4 Å². The van der Waals surface area contributed by atoms with E-state index in [0.29, 0.717) is 12.3 Å². The summed E-state index contributed by atoms with van der Waals surface area (Å²) in [6.45, 7) is 0.529. The Balaban J connectivity index is 2.05. The molecule has 0 aliphatic carbocycles. The summed E-state index contributed by atoms with van der Waals surface area (Å²) < 4.78 is 5.13. The van der Waals surface area contributed by atoms with Gasteiger partial charge in [0.2, 0.25) is 5.91 Å². The molecule has 2 rings (SSSR count). The van der Waals surface area contributed by atoms with E-state index in [0.717, 1.165) is 5.56 Å². The molecule has 1 heterocycles. The third-order valence-electron chi connectivity index (χ3n) is 3.06. The van der Waals surface area contributed by atoms with Crippen LogP contribution in [0.4, 0.5) is 0 Å². The Kier molecular flexibility index (Phi) is 5.54. The Bertz CT molecular complexity index is 632. The highest BCUT2D eigenvalue weighted by Crippen LogP contribution is 2.08. The average molecular weight is 299 g/mol. The summed E-state index contributed by atoms with van der Waals surface area (Å²) in [7, 11) is 0. The van der Waals surface area contributed by atoms with Crippen molar-refractivity contribution in [2.45, 2.75) is 13.0 Å². The zero-order chi connectivity index (χ0) is 15.8. The SMILES string of the molecule is O=C(O)CCN(Cc1ccccc1)C(=O)/C=C/c1ccco1. The second-order valence-electron chi connectivity index (χ2n) is 4.74. The van der Waals surface area contributed by atoms with Crippen molar-refractivity contribution in [3.05, 3.63) is 66.1 Å². The van der Waals surface area contributed by atoms with Gasteiger partial charge in [-0.05, 0) is 23.8 Å². The molecule has 0 saturated heterocycles. The predicted molar refractivity (Wildman–Crippen MR) is 81.9 cm³/mol. The Morgan fingerprint density at radius 1 is 1.14 bits per heavy atom. The van der Waals surface area contributed by atoms with Crippen molar-refractivity contribution in [2.24, 2.45) is 0 Å². The van der Waals surface area contributed by atoms with Gasteiger partial charge in [0.15, 0.2) is 0 Å². The van der Waals surface area contributed by atoms with E-state index in [4.69, 9.17) is 9.52 Å². The molecule has 1 amide bonds. The number of carbonyl (C=O) groups excluding carboxylic acids is 1. The number of furan rings is 1. The summed E-state index contributed by atoms with van der Waals surface area (Å²) >= 11 is 0. The molecule has 22 heavy (non-hydrogen) atoms. The molecule has 0 unspecified atom stereocenters. The maximum atomic E-state index is 12.3. The summed E-state index contributed by atoms with van der Waals surface area (Å²) in [5.74, 6) is -0.603. The Morgan fingerprint density at radius 2 is 1.91 bits per heavy atom. The lowest BCUT2D eigenvalue weighted by molar-refractivity contribution is -0.138. The lowest BCUT2D eigenvalue weighted by atomic mass is 10.2. The molecule has 0 saturated carbocycles. The summed E-state index contributed by atoms with van der Waals surface area (Å²) in [5, 5.41) is 8.82. The molecule has 5 heteroatoms. The van der Waals surface area contributed by atoms with Crippen LogP contribution in [0, 0.1) is 0 Å². The molecule has 5 nitrogen and oxygen atoms in total. The molecule has 0 aliphatic rings. The van der Waals surface area contributed by atoms with E-state index in [2.05, 4.69) is 0 Å². The van der Waals surface area contributed by atoms with Crippen LogP contribution in [0.25, 0.3) is 6.08 Å². The first-order chi connectivity index (χ1) is 10.6. The largest absolute Gasteiger partial charge is 0.481 e. The molecule has 0 radical (unpaired) electrons. The van der Waals surface area contributed by atoms with Gasteiger partial charge in [0.1, 0.15) is 5.76 Å². The van der Waals surface area contributed by atoms with E-state index < -0.39 is 5.97 Å². The molecule has 0 fully saturated rings. The van der Waals surface area contributed by atoms with Crippen LogP contribution in [0.3, 0.4) is 0 Å². The number of carboxylic acids is 1. The number of nitrogens with zero attached hydrogens (tertiary/aromatic N) is 1. The van der Waals surface area contributed by atoms with Crippen molar-refractivity contribution in [1.82, 2.24) is 4.90 Å². The topological polar surface area (TPSA) is 70.8 Å². The number of hydrogen-bond acceptors (Lipinski definition) is 3. The van der Waals surface area contributed by atoms with Gasteiger partial charge in [0.25, 0.3) is 0 Å². The van der Waals surface area contributed by atoms with E-state index in [9.17, 15) is 9.59 Å². The molecule has 0 spiro atoms. The molecular weight excluding hydrogens is 282 g/mol. The van der Waals surface area contributed by atoms with Crippen molar-refractivity contribution >= 4 is 18.0 Å². The second-order valence-corrected chi connectivity index (χ2v) is 4.74. The highest BCUT2D eigenvalue weighted by atomic mass is 16.4. The third-order valence-corrected chi connectivity index (χ3v) is 3.06. The second kappa shape index (κ2) is 7.83. The number of hydrogen-bond donors (Lipinski definition) is 1. The van der Waals surface area contributed by atoms with Gasteiger partial charge in [-0.1, -0.05) is 30.3 Å². The number of benzene rings is 1. The van der Waals surface area contributed by atoms with Crippen molar-refractivity contribution in [3.8, 4) is 0 Å². The molecule has 1 N–H and O–H groups in total. The summed E-state index contributed by atoms with van der Waals surface area (Å²) in [4.78, 5) is 24.5. The first-order valence-corrected chi connectivity index (χ1v) is 6.91. The fraction of sp³-hybridized carbons (Fsp3) is 0.176. The van der Waals surface area contributed by atoms with Gasteiger partial charge < -0.3 is 14.4 Å². The average Bonchev–Trinajstić information content (AvgIpc) is 3.03. The highest BCUT2D eigenvalue weighted by molar-refractivity contribution is 5.91. The lowest BCUT2D eigenvalue weighted by Crippen LogP contribution is -2.31. The van der Waals surface area contributed by atoms with Gasteiger partial charge in [-0.15, -0.1) is 0 Å². The fourth-order valence-electron chi connectivity index (χ4n) is 1.95. The lowest BCUT2D eigenvalue weighted by Gasteiger charge is -2.20. The van der Waals surface area contributed by atoms with Crippen LogP contribution < -0.4 is 0 Å². The zero-order valence-corrected chi connectivity index (χ0v) is 12.0. The quantitative estimate of drug-likeness (QED) is 0.798. The van der Waals surface area contributed by atoms with Crippen LogP contribution in [0.15, 0.2) is 59.2 Å². The highest BCUT2D eigenvalue weighted by Gasteiger charge is 2.13. The molecule has 1 aromatic heterocycles. The van der Waals surface area contributed by atoms with Gasteiger partial charge in [0.05, 0.1) is 12.7 Å². The van der Waals surface area contributed by atoms with Gasteiger partial charge in [-0.2, -0.15) is 0 Å². The van der Waals surface area contributed by atoms with Crippen molar-refractivity contribution < 1.29 is 19.1 Å². The van der Waals surface area contributed by atoms with Crippen molar-refractivity contribution in [2.75, 3.05) is 6.54 Å². The van der Waals surface area contributed by atoms with Crippen LogP contribution in [-0.2, 0) is 16.1 Å². The van der Waals surface area contributed by atoms with E-state index in [-0.39, 0.29) is 18.9 Å². The Morgan fingerprint density at radius 3 is 2.55 bits per heavy atom. The maximum absolute atomic E-state index is 12.3. The number of carbonyl (C=O) groups is 2. The van der Waals surface area contributed by atoms with Crippen molar-refractivity contribution in [3.63, 3.8) is 0 Å². The number of aliphatic carboxylic acids is 1. The molecule has 2 aromatic rings. The third kappa shape index (κ3) is 4.94.